The predicted molar refractivity (Wildman–Crippen MR) is 71.4 cm³/mol. The lowest BCUT2D eigenvalue weighted by Crippen LogP contribution is -1.96. The van der Waals surface area contributed by atoms with E-state index in [0.717, 1.165) is 0 Å². The van der Waals surface area contributed by atoms with Crippen LogP contribution in [0.3, 0.4) is 0 Å². The Hall–Kier alpha value is -1.56. The van der Waals surface area contributed by atoms with Gasteiger partial charge in [0.15, 0.2) is 0 Å². The van der Waals surface area contributed by atoms with Crippen molar-refractivity contribution in [3.05, 3.63) is 66.3 Å². The number of rotatable bonds is 4. The van der Waals surface area contributed by atoms with Gasteiger partial charge in [-0.25, -0.2) is 0 Å². The van der Waals surface area contributed by atoms with Gasteiger partial charge >= 0.3 is 0 Å². The summed E-state index contributed by atoms with van der Waals surface area (Å²) in [6.45, 7) is 10.1. The topological polar surface area (TPSA) is 0 Å². The van der Waals surface area contributed by atoms with Crippen LogP contribution in [0.25, 0.3) is 5.57 Å². The zero-order valence-corrected chi connectivity index (χ0v) is 9.87. The van der Waals surface area contributed by atoms with Crippen LogP contribution >= 0.6 is 0 Å². The highest BCUT2D eigenvalue weighted by atomic mass is 14.3. The molecule has 1 aromatic carbocycles. The second kappa shape index (κ2) is 4.52. The average Bonchev–Trinajstić information content (AvgIpc) is 2.63. The maximum absolute atomic E-state index is 3.95. The molecule has 1 aliphatic carbocycles. The molecule has 82 valence electrons. The van der Waals surface area contributed by atoms with Crippen molar-refractivity contribution < 1.29 is 0 Å². The molecule has 0 saturated carbocycles. The van der Waals surface area contributed by atoms with Crippen molar-refractivity contribution in [1.29, 1.82) is 0 Å². The van der Waals surface area contributed by atoms with Crippen LogP contribution in [0.2, 0.25) is 0 Å². The van der Waals surface area contributed by atoms with Crippen LogP contribution in [0.1, 0.15) is 36.8 Å². The Morgan fingerprint density at radius 3 is 2.56 bits per heavy atom. The number of hydrogen-bond donors (Lipinski definition) is 0. The number of allylic oxidation sites excluding steroid dienone is 4. The van der Waals surface area contributed by atoms with Crippen molar-refractivity contribution in [2.75, 3.05) is 0 Å². The van der Waals surface area contributed by atoms with E-state index in [1.807, 2.05) is 12.2 Å². The second-order valence-electron chi connectivity index (χ2n) is 4.21. The van der Waals surface area contributed by atoms with Crippen molar-refractivity contribution in [2.45, 2.75) is 25.7 Å². The minimum atomic E-state index is 0.520. The first-order valence-corrected chi connectivity index (χ1v) is 5.91. The Kier molecular flexibility index (Phi) is 3.09. The van der Waals surface area contributed by atoms with Gasteiger partial charge in [0.1, 0.15) is 0 Å². The molecule has 0 heteroatoms. The van der Waals surface area contributed by atoms with Gasteiger partial charge in [0, 0.05) is 5.92 Å². The van der Waals surface area contributed by atoms with Crippen LogP contribution in [-0.2, 0) is 0 Å². The summed E-state index contributed by atoms with van der Waals surface area (Å²) in [5.74, 6) is 0.520. The first kappa shape index (κ1) is 10.9. The molecule has 0 amide bonds. The lowest BCUT2D eigenvalue weighted by atomic mass is 9.91. The molecular formula is C16H18. The Morgan fingerprint density at radius 1 is 1.19 bits per heavy atom. The Morgan fingerprint density at radius 2 is 1.94 bits per heavy atom. The molecule has 0 radical (unpaired) electrons. The summed E-state index contributed by atoms with van der Waals surface area (Å²) in [4.78, 5) is 0. The second-order valence-corrected chi connectivity index (χ2v) is 4.21. The van der Waals surface area contributed by atoms with Crippen LogP contribution in [0.5, 0.6) is 0 Å². The lowest BCUT2D eigenvalue weighted by Gasteiger charge is -2.12. The Bertz CT molecular complexity index is 449. The average molecular weight is 210 g/mol. The molecule has 1 aromatic rings. The molecule has 0 aliphatic heterocycles. The molecule has 0 fully saturated rings. The van der Waals surface area contributed by atoms with E-state index in [1.54, 1.807) is 0 Å². The van der Waals surface area contributed by atoms with Gasteiger partial charge in [0.25, 0.3) is 0 Å². The monoisotopic (exact) mass is 210 g/mol. The zero-order chi connectivity index (χ0) is 11.5. The quantitative estimate of drug-likeness (QED) is 0.675. The van der Waals surface area contributed by atoms with E-state index < -0.39 is 0 Å². The van der Waals surface area contributed by atoms with Gasteiger partial charge in [-0.15, -0.1) is 0 Å². The normalized spacial score (nSPS) is 18.4. The van der Waals surface area contributed by atoms with Gasteiger partial charge in [-0.2, -0.15) is 0 Å². The fourth-order valence-corrected chi connectivity index (χ4v) is 2.64. The van der Waals surface area contributed by atoms with Gasteiger partial charge < -0.3 is 0 Å². The smallest absolute Gasteiger partial charge is 0.0101 e. The van der Waals surface area contributed by atoms with Crippen LogP contribution in [-0.4, -0.2) is 0 Å². The molecule has 0 heterocycles. The number of fused-ring (bicyclic) bond motifs is 1. The highest BCUT2D eigenvalue weighted by molar-refractivity contribution is 5.85. The SMILES string of the molecule is C=CC1=C(C=C)C(CCC)c2ccccc21. The van der Waals surface area contributed by atoms with E-state index in [2.05, 4.69) is 44.3 Å². The molecule has 1 unspecified atom stereocenters. The molecular weight excluding hydrogens is 192 g/mol. The van der Waals surface area contributed by atoms with Crippen LogP contribution < -0.4 is 0 Å². The number of hydrogen-bond acceptors (Lipinski definition) is 0. The highest BCUT2D eigenvalue weighted by Gasteiger charge is 2.26. The van der Waals surface area contributed by atoms with Crippen LogP contribution in [0.15, 0.2) is 55.1 Å². The predicted octanol–water partition coefficient (Wildman–Crippen LogP) is 4.71. The summed E-state index contributed by atoms with van der Waals surface area (Å²) in [7, 11) is 0. The van der Waals surface area contributed by atoms with Gasteiger partial charge in [0.2, 0.25) is 0 Å². The van der Waals surface area contributed by atoms with E-state index in [9.17, 15) is 0 Å². The van der Waals surface area contributed by atoms with Gasteiger partial charge in [-0.05, 0) is 28.7 Å². The molecule has 0 nitrogen and oxygen atoms in total. The van der Waals surface area contributed by atoms with E-state index >= 15 is 0 Å². The fraction of sp³-hybridized carbons (Fsp3) is 0.250. The minimum absolute atomic E-state index is 0.520. The van der Waals surface area contributed by atoms with Crippen molar-refractivity contribution in [3.63, 3.8) is 0 Å². The summed E-state index contributed by atoms with van der Waals surface area (Å²) >= 11 is 0. The van der Waals surface area contributed by atoms with Crippen molar-refractivity contribution in [3.8, 4) is 0 Å². The van der Waals surface area contributed by atoms with Crippen molar-refractivity contribution in [2.24, 2.45) is 0 Å². The van der Waals surface area contributed by atoms with E-state index in [-0.39, 0.29) is 0 Å². The first-order valence-electron chi connectivity index (χ1n) is 5.91. The maximum atomic E-state index is 3.95. The Balaban J connectivity index is 2.58. The summed E-state index contributed by atoms with van der Waals surface area (Å²) < 4.78 is 0. The number of benzene rings is 1. The van der Waals surface area contributed by atoms with E-state index in [4.69, 9.17) is 0 Å². The van der Waals surface area contributed by atoms with Gasteiger partial charge in [0.05, 0.1) is 0 Å². The molecule has 0 spiro atoms. The zero-order valence-electron chi connectivity index (χ0n) is 9.87. The van der Waals surface area contributed by atoms with Gasteiger partial charge in [-0.1, -0.05) is 62.9 Å². The summed E-state index contributed by atoms with van der Waals surface area (Å²) in [5, 5.41) is 0. The molecule has 1 atom stereocenters. The maximum Gasteiger partial charge on any atom is 0.0101 e. The molecule has 2 rings (SSSR count). The molecule has 0 bridgehead atoms. The third-order valence-corrected chi connectivity index (χ3v) is 3.31. The highest BCUT2D eigenvalue weighted by Crippen LogP contribution is 2.44. The largest absolute Gasteiger partial charge is 0.0987 e. The van der Waals surface area contributed by atoms with Crippen molar-refractivity contribution >= 4 is 5.57 Å². The standard InChI is InChI=1S/C16H18/c1-4-9-14-12(5-2)13(6-3)15-10-7-8-11-16(14)15/h5-8,10-11,14H,2-4,9H2,1H3. The summed E-state index contributed by atoms with van der Waals surface area (Å²) in [5.41, 5.74) is 5.39. The molecule has 0 N–H and O–H groups in total. The van der Waals surface area contributed by atoms with Crippen LogP contribution in [0.4, 0.5) is 0 Å². The third-order valence-electron chi connectivity index (χ3n) is 3.31. The Labute approximate surface area is 98.0 Å². The lowest BCUT2D eigenvalue weighted by molar-refractivity contribution is 0.708. The fourth-order valence-electron chi connectivity index (χ4n) is 2.64. The molecule has 16 heavy (non-hydrogen) atoms. The van der Waals surface area contributed by atoms with E-state index in [0.29, 0.717) is 5.92 Å². The summed E-state index contributed by atoms with van der Waals surface area (Å²) in [6, 6.07) is 8.63. The van der Waals surface area contributed by atoms with Crippen LogP contribution in [0, 0.1) is 0 Å². The van der Waals surface area contributed by atoms with E-state index in [1.165, 1.54) is 35.1 Å². The minimum Gasteiger partial charge on any atom is -0.0987 e. The molecule has 0 aromatic heterocycles. The third kappa shape index (κ3) is 1.55. The molecule has 0 saturated heterocycles. The molecule has 1 aliphatic rings. The van der Waals surface area contributed by atoms with Crippen molar-refractivity contribution in [1.82, 2.24) is 0 Å². The summed E-state index contributed by atoms with van der Waals surface area (Å²) in [6.07, 6.45) is 6.35. The first-order chi connectivity index (χ1) is 7.83. The van der Waals surface area contributed by atoms with Gasteiger partial charge in [-0.3, -0.25) is 0 Å².